The highest BCUT2D eigenvalue weighted by Crippen LogP contribution is 2.25. The number of hydrogen-bond donors (Lipinski definition) is 2. The number of benzene rings is 1. The molecule has 0 bridgehead atoms. The molecule has 2 N–H and O–H groups in total. The molecular weight excluding hydrogens is 337 g/mol. The Hall–Kier alpha value is -1.07. The van der Waals surface area contributed by atoms with Crippen molar-refractivity contribution in [2.45, 2.75) is 17.0 Å². The molecule has 22 heavy (non-hydrogen) atoms. The predicted molar refractivity (Wildman–Crippen MR) is 75.8 cm³/mol. The largest absolute Gasteiger partial charge is 0.395 e. The molecule has 0 aromatic heterocycles. The van der Waals surface area contributed by atoms with E-state index >= 15 is 0 Å². The van der Waals surface area contributed by atoms with Crippen molar-refractivity contribution >= 4 is 19.9 Å². The van der Waals surface area contributed by atoms with E-state index in [4.69, 9.17) is 5.11 Å². The van der Waals surface area contributed by atoms with E-state index in [9.17, 15) is 26.3 Å². The first kappa shape index (κ1) is 17.3. The van der Waals surface area contributed by atoms with E-state index in [0.29, 0.717) is 0 Å². The normalized spacial score (nSPS) is 24.7. The SMILES string of the molecule is O=S1(=O)C[C@@H](N(CCO)S(=O)(=O)c2ccc(F)cc2)[C@@H](O)C1. The summed E-state index contributed by atoms with van der Waals surface area (Å²) in [5.41, 5.74) is 0. The Morgan fingerprint density at radius 3 is 2.27 bits per heavy atom. The zero-order valence-electron chi connectivity index (χ0n) is 11.5. The Labute approximate surface area is 128 Å². The van der Waals surface area contributed by atoms with Crippen molar-refractivity contribution in [2.24, 2.45) is 0 Å². The summed E-state index contributed by atoms with van der Waals surface area (Å²) in [5, 5.41) is 18.9. The number of sulfone groups is 1. The van der Waals surface area contributed by atoms with Gasteiger partial charge in [0.15, 0.2) is 9.84 Å². The Morgan fingerprint density at radius 2 is 1.82 bits per heavy atom. The molecule has 2 atom stereocenters. The minimum atomic E-state index is -4.16. The average molecular weight is 353 g/mol. The van der Waals surface area contributed by atoms with Crippen molar-refractivity contribution < 1.29 is 31.4 Å². The van der Waals surface area contributed by atoms with Gasteiger partial charge in [0.1, 0.15) is 5.82 Å². The molecule has 0 radical (unpaired) electrons. The Morgan fingerprint density at radius 1 is 1.23 bits per heavy atom. The van der Waals surface area contributed by atoms with Gasteiger partial charge in [0.05, 0.1) is 35.2 Å². The Bertz CT molecular complexity index is 731. The molecule has 2 rings (SSSR count). The van der Waals surface area contributed by atoms with Crippen molar-refractivity contribution in [2.75, 3.05) is 24.7 Å². The van der Waals surface area contributed by atoms with Gasteiger partial charge in [-0.25, -0.2) is 21.2 Å². The van der Waals surface area contributed by atoms with Crippen molar-refractivity contribution in [1.82, 2.24) is 4.31 Å². The van der Waals surface area contributed by atoms with E-state index in [0.717, 1.165) is 28.6 Å². The van der Waals surface area contributed by atoms with Crippen molar-refractivity contribution in [3.8, 4) is 0 Å². The fourth-order valence-electron chi connectivity index (χ4n) is 2.39. The van der Waals surface area contributed by atoms with E-state index in [1.165, 1.54) is 0 Å². The first-order valence-corrected chi connectivity index (χ1v) is 9.70. The fraction of sp³-hybridized carbons (Fsp3) is 0.500. The number of aliphatic hydroxyl groups excluding tert-OH is 2. The maximum atomic E-state index is 12.9. The second-order valence-corrected chi connectivity index (χ2v) is 9.05. The van der Waals surface area contributed by atoms with Gasteiger partial charge < -0.3 is 10.2 Å². The third-order valence-corrected chi connectivity index (χ3v) is 7.04. The lowest BCUT2D eigenvalue weighted by Crippen LogP contribution is -2.47. The van der Waals surface area contributed by atoms with E-state index < -0.39 is 55.9 Å². The first-order valence-electron chi connectivity index (χ1n) is 6.44. The van der Waals surface area contributed by atoms with E-state index in [1.807, 2.05) is 0 Å². The van der Waals surface area contributed by atoms with Gasteiger partial charge in [-0.05, 0) is 24.3 Å². The molecule has 7 nitrogen and oxygen atoms in total. The molecule has 1 saturated heterocycles. The third-order valence-electron chi connectivity index (χ3n) is 3.40. The lowest BCUT2D eigenvalue weighted by Gasteiger charge is -2.28. The van der Waals surface area contributed by atoms with Crippen molar-refractivity contribution in [3.05, 3.63) is 30.1 Å². The molecule has 1 aromatic carbocycles. The zero-order chi connectivity index (χ0) is 16.5. The first-order chi connectivity index (χ1) is 10.2. The molecule has 1 aliphatic heterocycles. The van der Waals surface area contributed by atoms with Crippen LogP contribution in [0, 0.1) is 5.82 Å². The number of aliphatic hydroxyl groups is 2. The zero-order valence-corrected chi connectivity index (χ0v) is 13.1. The molecule has 0 unspecified atom stereocenters. The van der Waals surface area contributed by atoms with Gasteiger partial charge in [-0.2, -0.15) is 4.31 Å². The summed E-state index contributed by atoms with van der Waals surface area (Å²) >= 11 is 0. The molecule has 0 saturated carbocycles. The lowest BCUT2D eigenvalue weighted by atomic mass is 10.2. The summed E-state index contributed by atoms with van der Waals surface area (Å²) in [6, 6.07) is 2.85. The topological polar surface area (TPSA) is 112 Å². The van der Waals surface area contributed by atoms with Crippen LogP contribution >= 0.6 is 0 Å². The molecule has 1 aromatic rings. The molecule has 10 heteroatoms. The molecule has 0 aliphatic carbocycles. The molecule has 1 fully saturated rings. The van der Waals surface area contributed by atoms with Gasteiger partial charge in [-0.1, -0.05) is 0 Å². The Kier molecular flexibility index (Phi) is 4.87. The van der Waals surface area contributed by atoms with Gasteiger partial charge in [0.25, 0.3) is 0 Å². The molecule has 1 heterocycles. The maximum absolute atomic E-state index is 12.9. The number of rotatable bonds is 5. The van der Waals surface area contributed by atoms with Crippen LogP contribution < -0.4 is 0 Å². The highest BCUT2D eigenvalue weighted by molar-refractivity contribution is 7.92. The van der Waals surface area contributed by atoms with E-state index in [2.05, 4.69) is 0 Å². The van der Waals surface area contributed by atoms with E-state index in [-0.39, 0.29) is 11.4 Å². The summed E-state index contributed by atoms with van der Waals surface area (Å²) in [6.45, 7) is -0.902. The van der Waals surface area contributed by atoms with Crippen LogP contribution in [0.2, 0.25) is 0 Å². The number of sulfonamides is 1. The number of hydrogen-bond acceptors (Lipinski definition) is 6. The second-order valence-electron chi connectivity index (χ2n) is 5.00. The van der Waals surface area contributed by atoms with Crippen LogP contribution in [0.1, 0.15) is 0 Å². The molecular formula is C12H16FNO6S2. The lowest BCUT2D eigenvalue weighted by molar-refractivity contribution is 0.117. The Balaban J connectivity index is 2.41. The summed E-state index contributed by atoms with van der Waals surface area (Å²) in [5.74, 6) is -1.66. The predicted octanol–water partition coefficient (Wildman–Crippen LogP) is -1.03. The highest BCUT2D eigenvalue weighted by atomic mass is 32.2. The van der Waals surface area contributed by atoms with Crippen molar-refractivity contribution in [3.63, 3.8) is 0 Å². The highest BCUT2D eigenvalue weighted by Gasteiger charge is 2.44. The summed E-state index contributed by atoms with van der Waals surface area (Å²) in [4.78, 5) is -0.237. The van der Waals surface area contributed by atoms with Gasteiger partial charge in [-0.3, -0.25) is 0 Å². The van der Waals surface area contributed by atoms with Crippen LogP contribution in [0.4, 0.5) is 4.39 Å². The van der Waals surface area contributed by atoms with Gasteiger partial charge >= 0.3 is 0 Å². The second kappa shape index (κ2) is 6.20. The fourth-order valence-corrected chi connectivity index (χ4v) is 5.93. The minimum absolute atomic E-state index is 0.237. The molecule has 0 amide bonds. The van der Waals surface area contributed by atoms with Crippen LogP contribution in [-0.2, 0) is 19.9 Å². The molecule has 0 spiro atoms. The van der Waals surface area contributed by atoms with Crippen LogP contribution in [0.3, 0.4) is 0 Å². The number of nitrogens with zero attached hydrogens (tertiary/aromatic N) is 1. The van der Waals surface area contributed by atoms with Crippen molar-refractivity contribution in [1.29, 1.82) is 0 Å². The summed E-state index contributed by atoms with van der Waals surface area (Å²) < 4.78 is 62.0. The van der Waals surface area contributed by atoms with Gasteiger partial charge in [0, 0.05) is 6.54 Å². The molecule has 1 aliphatic rings. The summed E-state index contributed by atoms with van der Waals surface area (Å²) in [6.07, 6.45) is -1.37. The minimum Gasteiger partial charge on any atom is -0.395 e. The van der Waals surface area contributed by atoms with Gasteiger partial charge in [-0.15, -0.1) is 0 Å². The van der Waals surface area contributed by atoms with Crippen LogP contribution in [0.5, 0.6) is 0 Å². The van der Waals surface area contributed by atoms with E-state index in [1.54, 1.807) is 0 Å². The number of halogens is 1. The standard InChI is InChI=1S/C12H16FNO6S2/c13-9-1-3-10(4-2-9)22(19,20)14(5-6-15)11-7-21(17,18)8-12(11)16/h1-4,11-12,15-16H,5-8H2/t11-,12+/m1/s1. The average Bonchev–Trinajstić information content (AvgIpc) is 2.69. The molecule has 124 valence electrons. The van der Waals surface area contributed by atoms with Crippen LogP contribution in [0.25, 0.3) is 0 Å². The van der Waals surface area contributed by atoms with Crippen LogP contribution in [-0.4, -0.2) is 68.2 Å². The maximum Gasteiger partial charge on any atom is 0.243 e. The third kappa shape index (κ3) is 3.46. The van der Waals surface area contributed by atoms with Crippen LogP contribution in [0.15, 0.2) is 29.2 Å². The smallest absolute Gasteiger partial charge is 0.243 e. The quantitative estimate of drug-likeness (QED) is 0.700. The monoisotopic (exact) mass is 353 g/mol. The summed E-state index contributed by atoms with van der Waals surface area (Å²) in [7, 11) is -7.72. The van der Waals surface area contributed by atoms with Gasteiger partial charge in [0.2, 0.25) is 10.0 Å².